The third-order valence-electron chi connectivity index (χ3n) is 2.68. The van der Waals surface area contributed by atoms with Crippen LogP contribution in [-0.2, 0) is 17.8 Å². The van der Waals surface area contributed by atoms with E-state index in [0.29, 0.717) is 17.7 Å². The van der Waals surface area contributed by atoms with E-state index in [0.717, 1.165) is 0 Å². The number of benzene rings is 1. The smallest absolute Gasteiger partial charge is 0.410 e. The number of ether oxygens (including phenoxy) is 1. The van der Waals surface area contributed by atoms with E-state index in [-0.39, 0.29) is 12.3 Å². The van der Waals surface area contributed by atoms with Gasteiger partial charge in [-0.3, -0.25) is 4.90 Å². The van der Waals surface area contributed by atoms with Crippen molar-refractivity contribution in [3.8, 4) is 5.75 Å². The number of carbonyl (C=O) groups excluding carboxylic acids is 1. The molecule has 4 nitrogen and oxygen atoms in total. The molecule has 0 unspecified atom stereocenters. The van der Waals surface area contributed by atoms with Gasteiger partial charge >= 0.3 is 6.09 Å². The predicted molar refractivity (Wildman–Crippen MR) is 63.5 cm³/mol. The lowest BCUT2D eigenvalue weighted by atomic mass is 10.1. The van der Waals surface area contributed by atoms with Crippen molar-refractivity contribution in [2.45, 2.75) is 39.5 Å². The molecule has 0 fully saturated rings. The zero-order chi connectivity index (χ0) is 13.5. The number of hydrogen-bond donors (Lipinski definition) is 1. The molecule has 1 heterocycles. The fraction of sp³-hybridized carbons (Fsp3) is 0.462. The van der Waals surface area contributed by atoms with Crippen LogP contribution in [-0.4, -0.2) is 21.7 Å². The molecule has 0 spiro atoms. The number of fused-ring (bicyclic) bond motifs is 1. The van der Waals surface area contributed by atoms with Gasteiger partial charge in [-0.15, -0.1) is 0 Å². The summed E-state index contributed by atoms with van der Waals surface area (Å²) in [5, 5.41) is 9.29. The lowest BCUT2D eigenvalue weighted by Gasteiger charge is -2.24. The number of nitrogens with zero attached hydrogens (tertiary/aromatic N) is 1. The van der Waals surface area contributed by atoms with Crippen molar-refractivity contribution in [3.05, 3.63) is 29.1 Å². The molecule has 2 rings (SSSR count). The summed E-state index contributed by atoms with van der Waals surface area (Å²) in [5.41, 5.74) is 0.490. The number of phenols is 1. The molecule has 1 aromatic rings. The third kappa shape index (κ3) is 2.39. The Kier molecular flexibility index (Phi) is 2.92. The Morgan fingerprint density at radius 3 is 2.67 bits per heavy atom. The summed E-state index contributed by atoms with van der Waals surface area (Å²) in [6.07, 6.45) is -0.474. The van der Waals surface area contributed by atoms with Gasteiger partial charge < -0.3 is 9.84 Å². The van der Waals surface area contributed by atoms with Crippen LogP contribution in [0.4, 0.5) is 9.18 Å². The minimum absolute atomic E-state index is 0.129. The number of hydrogen-bond acceptors (Lipinski definition) is 3. The van der Waals surface area contributed by atoms with Crippen LogP contribution < -0.4 is 0 Å². The van der Waals surface area contributed by atoms with Gasteiger partial charge in [-0.1, -0.05) is 6.07 Å². The van der Waals surface area contributed by atoms with Crippen molar-refractivity contribution in [3.63, 3.8) is 0 Å². The molecule has 0 saturated carbocycles. The molecule has 1 aromatic carbocycles. The minimum Gasteiger partial charge on any atom is -0.505 e. The van der Waals surface area contributed by atoms with Crippen LogP contribution in [0.5, 0.6) is 5.75 Å². The quantitative estimate of drug-likeness (QED) is 0.773. The van der Waals surface area contributed by atoms with E-state index >= 15 is 0 Å². The van der Waals surface area contributed by atoms with E-state index in [1.54, 1.807) is 26.8 Å². The van der Waals surface area contributed by atoms with Gasteiger partial charge in [0.2, 0.25) is 0 Å². The predicted octanol–water partition coefficient (Wildman–Crippen LogP) is 2.78. The topological polar surface area (TPSA) is 49.8 Å². The molecule has 0 bridgehead atoms. The highest BCUT2D eigenvalue weighted by Gasteiger charge is 2.30. The monoisotopic (exact) mass is 253 g/mol. The van der Waals surface area contributed by atoms with Crippen molar-refractivity contribution in [1.29, 1.82) is 0 Å². The van der Waals surface area contributed by atoms with E-state index < -0.39 is 17.5 Å². The molecule has 0 atom stereocenters. The number of rotatable bonds is 0. The summed E-state index contributed by atoms with van der Waals surface area (Å²) in [6.45, 7) is 5.77. The average molecular weight is 253 g/mol. The molecular weight excluding hydrogens is 237 g/mol. The highest BCUT2D eigenvalue weighted by Crippen LogP contribution is 2.30. The molecule has 0 aromatic heterocycles. The van der Waals surface area contributed by atoms with Crippen LogP contribution in [0.1, 0.15) is 31.9 Å². The number of aromatic hydroxyl groups is 1. The SMILES string of the molecule is CC(C)(C)OC(=O)N1Cc2ccc(O)c(F)c2C1. The first-order chi connectivity index (χ1) is 8.28. The van der Waals surface area contributed by atoms with Gasteiger partial charge in [-0.2, -0.15) is 0 Å². The molecule has 1 N–H and O–H groups in total. The summed E-state index contributed by atoms with van der Waals surface area (Å²) >= 11 is 0. The Labute approximate surface area is 105 Å². The number of amides is 1. The van der Waals surface area contributed by atoms with Gasteiger partial charge in [0.25, 0.3) is 0 Å². The van der Waals surface area contributed by atoms with Crippen LogP contribution >= 0.6 is 0 Å². The Balaban J connectivity index is 2.15. The van der Waals surface area contributed by atoms with E-state index in [1.165, 1.54) is 11.0 Å². The highest BCUT2D eigenvalue weighted by molar-refractivity contribution is 5.69. The van der Waals surface area contributed by atoms with Crippen LogP contribution in [0, 0.1) is 5.82 Å². The Hall–Kier alpha value is -1.78. The van der Waals surface area contributed by atoms with Crippen LogP contribution in [0.15, 0.2) is 12.1 Å². The Morgan fingerprint density at radius 2 is 2.06 bits per heavy atom. The fourth-order valence-electron chi connectivity index (χ4n) is 1.88. The molecule has 98 valence electrons. The van der Waals surface area contributed by atoms with E-state index in [9.17, 15) is 14.3 Å². The van der Waals surface area contributed by atoms with E-state index in [1.807, 2.05) is 0 Å². The standard InChI is InChI=1S/C13H16FNO3/c1-13(2,3)18-12(17)15-6-8-4-5-10(16)11(14)9(8)7-15/h4-5,16H,6-7H2,1-3H3. The maximum absolute atomic E-state index is 13.6. The number of carbonyl (C=O) groups is 1. The van der Waals surface area contributed by atoms with Crippen molar-refractivity contribution < 1.29 is 19.0 Å². The number of halogens is 1. The molecule has 1 aliphatic rings. The maximum Gasteiger partial charge on any atom is 0.410 e. The summed E-state index contributed by atoms with van der Waals surface area (Å²) in [5.74, 6) is -1.04. The van der Waals surface area contributed by atoms with Crippen molar-refractivity contribution in [2.75, 3.05) is 0 Å². The van der Waals surface area contributed by atoms with E-state index in [4.69, 9.17) is 4.74 Å². The molecule has 1 aliphatic heterocycles. The summed E-state index contributed by atoms with van der Waals surface area (Å²) in [4.78, 5) is 13.3. The van der Waals surface area contributed by atoms with Crippen molar-refractivity contribution >= 4 is 6.09 Å². The molecule has 0 saturated heterocycles. The lowest BCUT2D eigenvalue weighted by Crippen LogP contribution is -2.33. The van der Waals surface area contributed by atoms with Crippen LogP contribution in [0.3, 0.4) is 0 Å². The molecule has 5 heteroatoms. The maximum atomic E-state index is 13.6. The molecular formula is C13H16FNO3. The van der Waals surface area contributed by atoms with Gasteiger partial charge in [-0.05, 0) is 32.4 Å². The molecule has 18 heavy (non-hydrogen) atoms. The normalized spacial score (nSPS) is 14.6. The fourth-order valence-corrected chi connectivity index (χ4v) is 1.88. The van der Waals surface area contributed by atoms with Gasteiger partial charge in [-0.25, -0.2) is 9.18 Å². The zero-order valence-corrected chi connectivity index (χ0v) is 10.7. The molecule has 1 amide bonds. The van der Waals surface area contributed by atoms with Gasteiger partial charge in [0.05, 0.1) is 6.54 Å². The molecule has 0 radical (unpaired) electrons. The zero-order valence-electron chi connectivity index (χ0n) is 10.7. The Bertz CT molecular complexity index is 494. The second-order valence-electron chi connectivity index (χ2n) is 5.37. The first-order valence-electron chi connectivity index (χ1n) is 5.75. The van der Waals surface area contributed by atoms with Gasteiger partial charge in [0.15, 0.2) is 11.6 Å². The van der Waals surface area contributed by atoms with E-state index in [2.05, 4.69) is 0 Å². The summed E-state index contributed by atoms with van der Waals surface area (Å²) in [6, 6.07) is 2.92. The molecule has 0 aliphatic carbocycles. The summed E-state index contributed by atoms with van der Waals surface area (Å²) < 4.78 is 18.9. The van der Waals surface area contributed by atoms with Gasteiger partial charge in [0, 0.05) is 12.1 Å². The van der Waals surface area contributed by atoms with Crippen LogP contribution in [0.2, 0.25) is 0 Å². The Morgan fingerprint density at radius 1 is 1.39 bits per heavy atom. The number of phenolic OH excluding ortho intramolecular Hbond substituents is 1. The van der Waals surface area contributed by atoms with Crippen LogP contribution in [0.25, 0.3) is 0 Å². The lowest BCUT2D eigenvalue weighted by molar-refractivity contribution is 0.0241. The first kappa shape index (κ1) is 12.7. The largest absolute Gasteiger partial charge is 0.505 e. The summed E-state index contributed by atoms with van der Waals surface area (Å²) in [7, 11) is 0. The van der Waals surface area contributed by atoms with Crippen molar-refractivity contribution in [2.24, 2.45) is 0 Å². The minimum atomic E-state index is -0.654. The van der Waals surface area contributed by atoms with Gasteiger partial charge in [0.1, 0.15) is 5.60 Å². The second kappa shape index (κ2) is 4.15. The average Bonchev–Trinajstić information content (AvgIpc) is 2.66. The third-order valence-corrected chi connectivity index (χ3v) is 2.68. The second-order valence-corrected chi connectivity index (χ2v) is 5.37. The first-order valence-corrected chi connectivity index (χ1v) is 5.75. The highest BCUT2D eigenvalue weighted by atomic mass is 19.1. The van der Waals surface area contributed by atoms with Crippen molar-refractivity contribution in [1.82, 2.24) is 4.90 Å².